The van der Waals surface area contributed by atoms with E-state index in [1.54, 1.807) is 0 Å². The zero-order valence-electron chi connectivity index (χ0n) is 27.8. The van der Waals surface area contributed by atoms with Gasteiger partial charge in [-0.1, -0.05) is 121 Å². The Hall–Kier alpha value is -6.84. The van der Waals surface area contributed by atoms with Crippen LogP contribution >= 0.6 is 0 Å². The minimum Gasteiger partial charge on any atom is -0.456 e. The first-order valence-electron chi connectivity index (χ1n) is 17.4. The van der Waals surface area contributed by atoms with Crippen molar-refractivity contribution in [1.82, 2.24) is 0 Å². The maximum atomic E-state index is 6.36. The highest BCUT2D eigenvalue weighted by atomic mass is 16.3. The summed E-state index contributed by atoms with van der Waals surface area (Å²) in [6.07, 6.45) is 0. The van der Waals surface area contributed by atoms with E-state index in [9.17, 15) is 0 Å². The standard InChI is InChI=1S/C48H32N2O/c1-2-12-33(13-3-1)34-22-24-35(25-23-34)49(38-30-31-44-43-18-8-11-21-47(43)51-48(44)32-38)36-26-28-37(29-27-36)50-45-19-9-6-16-41(45)39-14-4-5-15-40(39)42-17-7-10-20-46(42)50/h1-32H. The Morgan fingerprint density at radius 1 is 0.353 bits per heavy atom. The molecule has 9 aromatic rings. The largest absolute Gasteiger partial charge is 0.456 e. The van der Waals surface area contributed by atoms with Crippen LogP contribution in [-0.2, 0) is 0 Å². The monoisotopic (exact) mass is 652 g/mol. The van der Waals surface area contributed by atoms with Crippen molar-refractivity contribution in [3.8, 4) is 33.4 Å². The van der Waals surface area contributed by atoms with Gasteiger partial charge in [0.2, 0.25) is 0 Å². The Balaban J connectivity index is 1.11. The first-order chi connectivity index (χ1) is 25.3. The van der Waals surface area contributed by atoms with E-state index in [0.717, 1.165) is 56.1 Å². The Bertz CT molecular complexity index is 2630. The molecule has 1 aliphatic rings. The van der Waals surface area contributed by atoms with Gasteiger partial charge in [-0.3, -0.25) is 0 Å². The molecule has 0 amide bonds. The third kappa shape index (κ3) is 4.90. The van der Waals surface area contributed by atoms with Crippen molar-refractivity contribution in [2.45, 2.75) is 0 Å². The first kappa shape index (κ1) is 29.1. The van der Waals surface area contributed by atoms with E-state index in [0.29, 0.717) is 0 Å². The van der Waals surface area contributed by atoms with Gasteiger partial charge in [0, 0.05) is 50.7 Å². The molecule has 0 radical (unpaired) electrons. The lowest BCUT2D eigenvalue weighted by molar-refractivity contribution is 0.669. The van der Waals surface area contributed by atoms with Crippen LogP contribution in [0.2, 0.25) is 0 Å². The number of hydrogen-bond donors (Lipinski definition) is 0. The predicted octanol–water partition coefficient (Wildman–Crippen LogP) is 13.8. The molecular formula is C48H32N2O. The number of fused-ring (bicyclic) bond motifs is 8. The Kier molecular flexibility index (Phi) is 6.81. The third-order valence-corrected chi connectivity index (χ3v) is 10.0. The van der Waals surface area contributed by atoms with Crippen LogP contribution in [-0.4, -0.2) is 0 Å². The minimum atomic E-state index is 0.869. The summed E-state index contributed by atoms with van der Waals surface area (Å²) in [6.45, 7) is 0. The smallest absolute Gasteiger partial charge is 0.137 e. The Labute approximate surface area is 296 Å². The molecule has 0 spiro atoms. The van der Waals surface area contributed by atoms with Crippen molar-refractivity contribution in [3.05, 3.63) is 194 Å². The molecule has 8 aromatic carbocycles. The normalized spacial score (nSPS) is 11.9. The average molecular weight is 653 g/mol. The topological polar surface area (TPSA) is 19.6 Å². The second kappa shape index (κ2) is 11.9. The lowest BCUT2D eigenvalue weighted by Crippen LogP contribution is -2.12. The predicted molar refractivity (Wildman–Crippen MR) is 213 cm³/mol. The molecule has 3 nitrogen and oxygen atoms in total. The molecule has 10 rings (SSSR count). The van der Waals surface area contributed by atoms with Crippen molar-refractivity contribution in [2.75, 3.05) is 9.80 Å². The molecular weight excluding hydrogens is 621 g/mol. The molecule has 51 heavy (non-hydrogen) atoms. The van der Waals surface area contributed by atoms with E-state index in [1.165, 1.54) is 33.4 Å². The number of hydrogen-bond acceptors (Lipinski definition) is 3. The zero-order chi connectivity index (χ0) is 33.7. The Morgan fingerprint density at radius 2 is 0.843 bits per heavy atom. The van der Waals surface area contributed by atoms with Gasteiger partial charge in [0.1, 0.15) is 11.2 Å². The average Bonchev–Trinajstić information content (AvgIpc) is 3.52. The zero-order valence-corrected chi connectivity index (χ0v) is 27.8. The van der Waals surface area contributed by atoms with Crippen molar-refractivity contribution in [1.29, 1.82) is 0 Å². The number of rotatable bonds is 5. The fourth-order valence-electron chi connectivity index (χ4n) is 7.64. The highest BCUT2D eigenvalue weighted by Crippen LogP contribution is 2.51. The lowest BCUT2D eigenvalue weighted by atomic mass is 9.95. The number of furan rings is 1. The van der Waals surface area contributed by atoms with Gasteiger partial charge in [-0.05, 0) is 89.0 Å². The van der Waals surface area contributed by atoms with Gasteiger partial charge in [-0.15, -0.1) is 0 Å². The fourth-order valence-corrected chi connectivity index (χ4v) is 7.64. The van der Waals surface area contributed by atoms with Crippen LogP contribution in [0.15, 0.2) is 199 Å². The lowest BCUT2D eigenvalue weighted by Gasteiger charge is -2.29. The summed E-state index contributed by atoms with van der Waals surface area (Å²) < 4.78 is 6.36. The van der Waals surface area contributed by atoms with Gasteiger partial charge in [-0.25, -0.2) is 0 Å². The van der Waals surface area contributed by atoms with Crippen LogP contribution in [0, 0.1) is 0 Å². The molecule has 0 aliphatic carbocycles. The maximum Gasteiger partial charge on any atom is 0.137 e. The molecule has 1 aliphatic heterocycles. The highest BCUT2D eigenvalue weighted by Gasteiger charge is 2.26. The number of para-hydroxylation sites is 3. The molecule has 0 atom stereocenters. The van der Waals surface area contributed by atoms with Gasteiger partial charge in [0.25, 0.3) is 0 Å². The summed E-state index contributed by atoms with van der Waals surface area (Å²) in [5.74, 6) is 0. The fraction of sp³-hybridized carbons (Fsp3) is 0. The van der Waals surface area contributed by atoms with E-state index in [-0.39, 0.29) is 0 Å². The molecule has 0 N–H and O–H groups in total. The summed E-state index contributed by atoms with van der Waals surface area (Å²) in [4.78, 5) is 4.71. The van der Waals surface area contributed by atoms with E-state index in [4.69, 9.17) is 4.42 Å². The van der Waals surface area contributed by atoms with Crippen molar-refractivity contribution in [2.24, 2.45) is 0 Å². The van der Waals surface area contributed by atoms with E-state index < -0.39 is 0 Å². The van der Waals surface area contributed by atoms with Crippen LogP contribution in [0.25, 0.3) is 55.3 Å². The number of anilines is 6. The quantitative estimate of drug-likeness (QED) is 0.184. The van der Waals surface area contributed by atoms with Crippen molar-refractivity contribution in [3.63, 3.8) is 0 Å². The summed E-state index contributed by atoms with van der Waals surface area (Å²) in [6, 6.07) is 69.2. The molecule has 240 valence electrons. The molecule has 0 bridgehead atoms. The second-order valence-electron chi connectivity index (χ2n) is 13.0. The molecule has 3 heteroatoms. The summed E-state index contributed by atoms with van der Waals surface area (Å²) in [7, 11) is 0. The van der Waals surface area contributed by atoms with E-state index in [1.807, 2.05) is 12.1 Å². The molecule has 0 fully saturated rings. The van der Waals surface area contributed by atoms with Gasteiger partial charge in [0.05, 0.1) is 11.4 Å². The summed E-state index contributed by atoms with van der Waals surface area (Å²) in [5.41, 5.74) is 15.6. The third-order valence-electron chi connectivity index (χ3n) is 10.0. The SMILES string of the molecule is c1ccc(-c2ccc(N(c3ccc(N4c5ccccc5-c5ccccc5-c5ccccc54)cc3)c3ccc4c(c3)oc3ccccc34)cc2)cc1. The van der Waals surface area contributed by atoms with Gasteiger partial charge in [-0.2, -0.15) is 0 Å². The summed E-state index contributed by atoms with van der Waals surface area (Å²) in [5, 5.41) is 2.24. The van der Waals surface area contributed by atoms with Crippen LogP contribution in [0.1, 0.15) is 0 Å². The minimum absolute atomic E-state index is 0.869. The van der Waals surface area contributed by atoms with E-state index >= 15 is 0 Å². The van der Waals surface area contributed by atoms with Gasteiger partial charge >= 0.3 is 0 Å². The van der Waals surface area contributed by atoms with Crippen LogP contribution < -0.4 is 9.80 Å². The first-order valence-corrected chi connectivity index (χ1v) is 17.4. The highest BCUT2D eigenvalue weighted by molar-refractivity contribution is 6.06. The van der Waals surface area contributed by atoms with Crippen LogP contribution in [0.4, 0.5) is 34.1 Å². The van der Waals surface area contributed by atoms with Crippen molar-refractivity contribution >= 4 is 56.1 Å². The maximum absolute atomic E-state index is 6.36. The second-order valence-corrected chi connectivity index (χ2v) is 13.0. The van der Waals surface area contributed by atoms with E-state index in [2.05, 4.69) is 192 Å². The molecule has 1 aromatic heterocycles. The van der Waals surface area contributed by atoms with Crippen molar-refractivity contribution < 1.29 is 4.42 Å². The Morgan fingerprint density at radius 3 is 1.51 bits per heavy atom. The number of nitrogens with zero attached hydrogens (tertiary/aromatic N) is 2. The molecule has 2 heterocycles. The number of benzene rings is 8. The molecule has 0 saturated carbocycles. The van der Waals surface area contributed by atoms with Gasteiger partial charge < -0.3 is 14.2 Å². The molecule has 0 saturated heterocycles. The van der Waals surface area contributed by atoms with Crippen LogP contribution in [0.5, 0.6) is 0 Å². The summed E-state index contributed by atoms with van der Waals surface area (Å²) >= 11 is 0. The van der Waals surface area contributed by atoms with Gasteiger partial charge in [0.15, 0.2) is 0 Å². The molecule has 0 unspecified atom stereocenters. The van der Waals surface area contributed by atoms with Crippen LogP contribution in [0.3, 0.4) is 0 Å².